The molecule has 0 aromatic heterocycles. The quantitative estimate of drug-likeness (QED) is 0.354. The smallest absolute Gasteiger partial charge is 0.193 e. The average molecular weight is 384 g/mol. The van der Waals surface area contributed by atoms with Gasteiger partial charge in [-0.1, -0.05) is 18.2 Å². The zero-order valence-corrected chi connectivity index (χ0v) is 17.0. The first kappa shape index (κ1) is 20.1. The van der Waals surface area contributed by atoms with Crippen molar-refractivity contribution in [2.45, 2.75) is 36.8 Å². The molecule has 0 spiro atoms. The molecule has 1 aliphatic rings. The second-order valence-corrected chi connectivity index (χ2v) is 10.7. The fraction of sp³-hybridized carbons (Fsp3) is 0.611. The molecule has 0 atom stereocenters. The van der Waals surface area contributed by atoms with E-state index in [9.17, 15) is 8.42 Å². The largest absolute Gasteiger partial charge is 0.357 e. The van der Waals surface area contributed by atoms with Gasteiger partial charge in [0.15, 0.2) is 15.8 Å². The van der Waals surface area contributed by atoms with Gasteiger partial charge in [-0.05, 0) is 45.1 Å². The highest BCUT2D eigenvalue weighted by molar-refractivity contribution is 7.99. The fourth-order valence-corrected chi connectivity index (χ4v) is 4.93. The molecule has 1 aliphatic heterocycles. The highest BCUT2D eigenvalue weighted by atomic mass is 32.2. The van der Waals surface area contributed by atoms with Crippen molar-refractivity contribution in [1.82, 2.24) is 10.2 Å². The van der Waals surface area contributed by atoms with E-state index in [1.165, 1.54) is 4.90 Å². The Balaban J connectivity index is 1.88. The van der Waals surface area contributed by atoms with E-state index in [-0.39, 0.29) is 5.75 Å². The Morgan fingerprint density at radius 1 is 1.32 bits per heavy atom. The first-order valence-corrected chi connectivity index (χ1v) is 11.4. The lowest BCUT2D eigenvalue weighted by molar-refractivity contribution is 0.353. The Labute approximate surface area is 156 Å². The normalized spacial score (nSPS) is 19.6. The van der Waals surface area contributed by atoms with Crippen molar-refractivity contribution in [3.05, 3.63) is 30.3 Å². The van der Waals surface area contributed by atoms with E-state index in [0.717, 1.165) is 31.2 Å². The lowest BCUT2D eigenvalue weighted by Crippen LogP contribution is -2.57. The zero-order chi connectivity index (χ0) is 18.3. The number of aliphatic imine (C=N–C) groups is 1. The molecule has 1 heterocycles. The van der Waals surface area contributed by atoms with Gasteiger partial charge < -0.3 is 10.2 Å². The minimum atomic E-state index is -3.03. The molecule has 1 aromatic rings. The summed E-state index contributed by atoms with van der Waals surface area (Å²) >= 11 is 1.84. The molecule has 0 radical (unpaired) electrons. The lowest BCUT2D eigenvalue weighted by atomic mass is 10.2. The predicted octanol–water partition coefficient (Wildman–Crippen LogP) is 2.64. The maximum atomic E-state index is 12.2. The average Bonchev–Trinajstić information content (AvgIpc) is 2.57. The number of rotatable bonds is 6. The highest BCUT2D eigenvalue weighted by Gasteiger charge is 2.40. The number of hydrogen-bond donors (Lipinski definition) is 1. The van der Waals surface area contributed by atoms with Crippen molar-refractivity contribution in [3.63, 3.8) is 0 Å². The second kappa shape index (κ2) is 8.94. The summed E-state index contributed by atoms with van der Waals surface area (Å²) in [5, 5.41) is 3.30. The molecule has 5 nitrogen and oxygen atoms in total. The molecule has 140 valence electrons. The third kappa shape index (κ3) is 5.64. The van der Waals surface area contributed by atoms with Gasteiger partial charge >= 0.3 is 0 Å². The van der Waals surface area contributed by atoms with E-state index in [4.69, 9.17) is 4.99 Å². The van der Waals surface area contributed by atoms with Gasteiger partial charge in [-0.15, -0.1) is 11.8 Å². The monoisotopic (exact) mass is 383 g/mol. The molecule has 0 aliphatic carbocycles. The van der Waals surface area contributed by atoms with Crippen LogP contribution in [0.3, 0.4) is 0 Å². The summed E-state index contributed by atoms with van der Waals surface area (Å²) in [5.41, 5.74) is 0. The van der Waals surface area contributed by atoms with Gasteiger partial charge in [-0.25, -0.2) is 8.42 Å². The van der Waals surface area contributed by atoms with Crippen molar-refractivity contribution >= 4 is 27.6 Å². The van der Waals surface area contributed by atoms with Gasteiger partial charge in [0.25, 0.3) is 0 Å². The molecule has 0 unspecified atom stereocenters. The summed E-state index contributed by atoms with van der Waals surface area (Å²) in [6.07, 6.45) is 0.990. The molecule has 1 N–H and O–H groups in total. The van der Waals surface area contributed by atoms with E-state index in [2.05, 4.69) is 34.5 Å². The lowest BCUT2D eigenvalue weighted by Gasteiger charge is -2.39. The van der Waals surface area contributed by atoms with Gasteiger partial charge in [-0.2, -0.15) is 0 Å². The number of benzene rings is 1. The molecular formula is C18H29N3O2S2. The summed E-state index contributed by atoms with van der Waals surface area (Å²) in [7, 11) is -3.03. The van der Waals surface area contributed by atoms with Crippen LogP contribution in [0.4, 0.5) is 0 Å². The molecule has 0 bridgehead atoms. The van der Waals surface area contributed by atoms with Crippen molar-refractivity contribution in [1.29, 1.82) is 0 Å². The standard InChI is InChI=1S/C18H29N3O2S2/c1-4-19-17(21-12-14-25(22,23)18(2,3)15-21)20-11-8-13-24-16-9-6-5-7-10-16/h5-7,9-10H,4,8,11-15H2,1-3H3,(H,19,20). The summed E-state index contributed by atoms with van der Waals surface area (Å²) in [4.78, 5) is 8.06. The first-order chi connectivity index (χ1) is 11.9. The van der Waals surface area contributed by atoms with E-state index < -0.39 is 14.6 Å². The molecule has 0 amide bonds. The van der Waals surface area contributed by atoms with Crippen LogP contribution in [0.5, 0.6) is 0 Å². The van der Waals surface area contributed by atoms with Crippen molar-refractivity contribution < 1.29 is 8.42 Å². The van der Waals surface area contributed by atoms with Crippen LogP contribution in [0.15, 0.2) is 40.2 Å². The fourth-order valence-electron chi connectivity index (χ4n) is 2.71. The van der Waals surface area contributed by atoms with Crippen LogP contribution < -0.4 is 5.32 Å². The molecule has 1 saturated heterocycles. The van der Waals surface area contributed by atoms with E-state index in [0.29, 0.717) is 13.1 Å². The van der Waals surface area contributed by atoms with Crippen molar-refractivity contribution in [2.24, 2.45) is 4.99 Å². The summed E-state index contributed by atoms with van der Waals surface area (Å²) < 4.78 is 23.6. The van der Waals surface area contributed by atoms with Gasteiger partial charge in [0.1, 0.15) is 0 Å². The zero-order valence-electron chi connectivity index (χ0n) is 15.4. The number of nitrogens with zero attached hydrogens (tertiary/aromatic N) is 2. The second-order valence-electron chi connectivity index (χ2n) is 6.75. The first-order valence-electron chi connectivity index (χ1n) is 8.79. The predicted molar refractivity (Wildman–Crippen MR) is 107 cm³/mol. The molecule has 0 saturated carbocycles. The number of thioether (sulfide) groups is 1. The summed E-state index contributed by atoms with van der Waals surface area (Å²) in [6, 6.07) is 10.4. The maximum Gasteiger partial charge on any atom is 0.193 e. The SMILES string of the molecule is CCNC(=NCCCSc1ccccc1)N1CCS(=O)(=O)C(C)(C)C1. The van der Waals surface area contributed by atoms with Gasteiger partial charge in [0, 0.05) is 31.1 Å². The van der Waals surface area contributed by atoms with E-state index >= 15 is 0 Å². The van der Waals surface area contributed by atoms with Crippen LogP contribution in [0.1, 0.15) is 27.2 Å². The number of sulfone groups is 1. The number of guanidine groups is 1. The van der Waals surface area contributed by atoms with Gasteiger partial charge in [0.2, 0.25) is 0 Å². The Kier molecular flexibility index (Phi) is 7.19. The van der Waals surface area contributed by atoms with Crippen LogP contribution in [0.25, 0.3) is 0 Å². The van der Waals surface area contributed by atoms with Crippen molar-refractivity contribution in [3.8, 4) is 0 Å². The van der Waals surface area contributed by atoms with E-state index in [1.54, 1.807) is 13.8 Å². The van der Waals surface area contributed by atoms with Gasteiger partial charge in [0.05, 0.1) is 10.5 Å². The molecule has 1 fully saturated rings. The van der Waals surface area contributed by atoms with Crippen LogP contribution in [0, 0.1) is 0 Å². The number of hydrogen-bond acceptors (Lipinski definition) is 4. The molecule has 7 heteroatoms. The third-order valence-corrected chi connectivity index (χ3v) is 7.89. The summed E-state index contributed by atoms with van der Waals surface area (Å²) in [5.74, 6) is 2.04. The van der Waals surface area contributed by atoms with Crippen LogP contribution in [0.2, 0.25) is 0 Å². The van der Waals surface area contributed by atoms with Crippen LogP contribution in [-0.4, -0.2) is 61.7 Å². The number of nitrogens with one attached hydrogen (secondary N) is 1. The molecule has 2 rings (SSSR count). The van der Waals surface area contributed by atoms with Crippen LogP contribution in [-0.2, 0) is 9.84 Å². The topological polar surface area (TPSA) is 61.8 Å². The Hall–Kier alpha value is -1.21. The van der Waals surface area contributed by atoms with Crippen LogP contribution >= 0.6 is 11.8 Å². The van der Waals surface area contributed by atoms with Crippen molar-refractivity contribution in [2.75, 3.05) is 37.7 Å². The van der Waals surface area contributed by atoms with E-state index in [1.807, 2.05) is 24.8 Å². The van der Waals surface area contributed by atoms with Gasteiger partial charge in [-0.3, -0.25) is 4.99 Å². The summed E-state index contributed by atoms with van der Waals surface area (Å²) in [6.45, 7) is 8.15. The Bertz CT molecular complexity index is 673. The molecule has 25 heavy (non-hydrogen) atoms. The Morgan fingerprint density at radius 3 is 2.68 bits per heavy atom. The third-order valence-electron chi connectivity index (χ3n) is 4.25. The maximum absolute atomic E-state index is 12.2. The highest BCUT2D eigenvalue weighted by Crippen LogP contribution is 2.23. The Morgan fingerprint density at radius 2 is 2.04 bits per heavy atom. The minimum Gasteiger partial charge on any atom is -0.357 e. The molecular weight excluding hydrogens is 354 g/mol. The minimum absolute atomic E-state index is 0.189. The molecule has 1 aromatic carbocycles.